The van der Waals surface area contributed by atoms with E-state index in [9.17, 15) is 23.1 Å². The van der Waals surface area contributed by atoms with Crippen LogP contribution in [0.4, 0.5) is 0 Å². The van der Waals surface area contributed by atoms with E-state index in [1.165, 1.54) is 18.2 Å². The molecule has 0 saturated carbocycles. The van der Waals surface area contributed by atoms with Gasteiger partial charge in [-0.2, -0.15) is 4.31 Å². The average molecular weight is 499 g/mol. The zero-order valence-electron chi connectivity index (χ0n) is 17.4. The third-order valence-corrected chi connectivity index (χ3v) is 7.76. The van der Waals surface area contributed by atoms with Crippen LogP contribution in [0, 0.1) is 0 Å². The fourth-order valence-electron chi connectivity index (χ4n) is 3.72. The van der Waals surface area contributed by atoms with E-state index in [0.29, 0.717) is 6.42 Å². The van der Waals surface area contributed by atoms with E-state index in [1.807, 2.05) is 31.2 Å². The van der Waals surface area contributed by atoms with Gasteiger partial charge in [0.05, 0.1) is 4.90 Å². The van der Waals surface area contributed by atoms with Gasteiger partial charge in [0.25, 0.3) is 0 Å². The van der Waals surface area contributed by atoms with Crippen LogP contribution in [0.25, 0.3) is 0 Å². The first-order chi connectivity index (χ1) is 15.1. The van der Waals surface area contributed by atoms with Crippen molar-refractivity contribution in [3.8, 4) is 0 Å². The van der Waals surface area contributed by atoms with E-state index in [2.05, 4.69) is 5.32 Å². The van der Waals surface area contributed by atoms with Crippen molar-refractivity contribution in [3.05, 3.63) is 63.6 Å². The molecule has 0 aliphatic carbocycles. The Labute approximate surface area is 197 Å². The van der Waals surface area contributed by atoms with Crippen LogP contribution in [0.5, 0.6) is 0 Å². The number of amides is 1. The molecule has 0 spiro atoms. The van der Waals surface area contributed by atoms with Crippen LogP contribution < -0.4 is 5.32 Å². The van der Waals surface area contributed by atoms with Crippen molar-refractivity contribution in [3.63, 3.8) is 0 Å². The topological polar surface area (TPSA) is 104 Å². The van der Waals surface area contributed by atoms with Crippen LogP contribution in [0.3, 0.4) is 0 Å². The highest BCUT2D eigenvalue weighted by Gasteiger charge is 2.40. The molecular weight excluding hydrogens is 475 g/mol. The standard InChI is InChI=1S/C22H24Cl2N2O5S/c1-2-14-5-7-15(8-6-14)10-19(22(28)29)25-21(27)20-4-3-9-26(20)32(30,31)18-12-16(23)11-17(24)13-18/h5-8,11-13,19-20H,2-4,9-10H2,1H3,(H,25,27)(H,28,29)/t19-,20-/m0/s1. The highest BCUT2D eigenvalue weighted by atomic mass is 35.5. The number of halogens is 2. The number of sulfonamides is 1. The van der Waals surface area contributed by atoms with Gasteiger partial charge in [0.2, 0.25) is 15.9 Å². The summed E-state index contributed by atoms with van der Waals surface area (Å²) < 4.78 is 27.4. The van der Waals surface area contributed by atoms with Gasteiger partial charge in [-0.1, -0.05) is 54.4 Å². The van der Waals surface area contributed by atoms with Crippen molar-refractivity contribution in [1.82, 2.24) is 9.62 Å². The molecule has 1 amide bonds. The lowest BCUT2D eigenvalue weighted by Gasteiger charge is -2.25. The summed E-state index contributed by atoms with van der Waals surface area (Å²) in [6, 6.07) is 9.26. The highest BCUT2D eigenvalue weighted by Crippen LogP contribution is 2.30. The molecule has 0 aromatic heterocycles. The molecule has 0 bridgehead atoms. The zero-order chi connectivity index (χ0) is 23.5. The Morgan fingerprint density at radius 1 is 1.12 bits per heavy atom. The third kappa shape index (κ3) is 5.61. The van der Waals surface area contributed by atoms with Crippen molar-refractivity contribution in [1.29, 1.82) is 0 Å². The lowest BCUT2D eigenvalue weighted by molar-refractivity contribution is -0.142. The fraction of sp³-hybridized carbons (Fsp3) is 0.364. The number of nitrogens with zero attached hydrogens (tertiary/aromatic N) is 1. The van der Waals surface area contributed by atoms with Gasteiger partial charge in [0, 0.05) is 23.0 Å². The summed E-state index contributed by atoms with van der Waals surface area (Å²) in [7, 11) is -4.04. The van der Waals surface area contributed by atoms with Crippen molar-refractivity contribution in [2.75, 3.05) is 6.54 Å². The van der Waals surface area contributed by atoms with Gasteiger partial charge < -0.3 is 10.4 Å². The van der Waals surface area contributed by atoms with Crippen molar-refractivity contribution >= 4 is 45.1 Å². The quantitative estimate of drug-likeness (QED) is 0.579. The van der Waals surface area contributed by atoms with Crippen molar-refractivity contribution < 1.29 is 23.1 Å². The predicted octanol–water partition coefficient (Wildman–Crippen LogP) is 3.52. The van der Waals surface area contributed by atoms with Gasteiger partial charge in [-0.25, -0.2) is 13.2 Å². The maximum absolute atomic E-state index is 13.1. The average Bonchev–Trinajstić information content (AvgIpc) is 3.24. The van der Waals surface area contributed by atoms with E-state index in [4.69, 9.17) is 23.2 Å². The van der Waals surface area contributed by atoms with Gasteiger partial charge in [0.15, 0.2) is 0 Å². The third-order valence-electron chi connectivity index (χ3n) is 5.43. The van der Waals surface area contributed by atoms with Crippen LogP contribution in [0.1, 0.15) is 30.9 Å². The second-order valence-electron chi connectivity index (χ2n) is 7.65. The number of carbonyl (C=O) groups is 2. The first-order valence-electron chi connectivity index (χ1n) is 10.2. The number of rotatable bonds is 8. The van der Waals surface area contributed by atoms with Gasteiger partial charge in [0.1, 0.15) is 12.1 Å². The Bertz CT molecular complexity index is 1090. The second-order valence-corrected chi connectivity index (χ2v) is 10.4. The molecule has 0 unspecified atom stereocenters. The van der Waals surface area contributed by atoms with Crippen LogP contribution in [-0.2, 0) is 32.5 Å². The SMILES string of the molecule is CCc1ccc(C[C@H](NC(=O)[C@@H]2CCCN2S(=O)(=O)c2cc(Cl)cc(Cl)c2)C(=O)O)cc1. The minimum atomic E-state index is -4.04. The summed E-state index contributed by atoms with van der Waals surface area (Å²) in [6.07, 6.45) is 1.72. The van der Waals surface area contributed by atoms with Gasteiger partial charge in [-0.3, -0.25) is 4.79 Å². The molecule has 1 aliphatic rings. The number of carboxylic acid groups (broad SMARTS) is 1. The van der Waals surface area contributed by atoms with Gasteiger partial charge >= 0.3 is 5.97 Å². The minimum absolute atomic E-state index is 0.0917. The minimum Gasteiger partial charge on any atom is -0.480 e. The number of carboxylic acids is 1. The van der Waals surface area contributed by atoms with E-state index in [-0.39, 0.29) is 34.3 Å². The summed E-state index contributed by atoms with van der Waals surface area (Å²) in [4.78, 5) is 24.6. The lowest BCUT2D eigenvalue weighted by Crippen LogP contribution is -2.51. The monoisotopic (exact) mass is 498 g/mol. The number of hydrogen-bond donors (Lipinski definition) is 2. The first kappa shape index (κ1) is 24.5. The number of hydrogen-bond acceptors (Lipinski definition) is 4. The van der Waals surface area contributed by atoms with Crippen molar-refractivity contribution in [2.24, 2.45) is 0 Å². The van der Waals surface area contributed by atoms with E-state index in [0.717, 1.165) is 21.9 Å². The molecule has 2 aromatic rings. The van der Waals surface area contributed by atoms with Gasteiger partial charge in [-0.15, -0.1) is 0 Å². The summed E-state index contributed by atoms with van der Waals surface area (Å²) >= 11 is 11.9. The maximum atomic E-state index is 13.1. The molecule has 0 radical (unpaired) electrons. The van der Waals surface area contributed by atoms with Crippen LogP contribution in [0.2, 0.25) is 10.0 Å². The molecule has 1 fully saturated rings. The number of aryl methyl sites for hydroxylation is 1. The van der Waals surface area contributed by atoms with Crippen LogP contribution >= 0.6 is 23.2 Å². The van der Waals surface area contributed by atoms with Crippen LogP contribution in [0.15, 0.2) is 47.4 Å². The molecule has 7 nitrogen and oxygen atoms in total. The Morgan fingerprint density at radius 2 is 1.72 bits per heavy atom. The van der Waals surface area contributed by atoms with Crippen LogP contribution in [-0.4, -0.2) is 48.3 Å². The normalized spacial score (nSPS) is 17.8. The number of carbonyl (C=O) groups excluding carboxylic acids is 1. The summed E-state index contributed by atoms with van der Waals surface area (Å²) in [6.45, 7) is 2.16. The molecular formula is C22H24Cl2N2O5S. The molecule has 10 heteroatoms. The van der Waals surface area contributed by atoms with Gasteiger partial charge in [-0.05, 0) is 48.6 Å². The molecule has 3 rings (SSSR count). The summed E-state index contributed by atoms with van der Waals surface area (Å²) in [5.74, 6) is -1.83. The number of benzene rings is 2. The first-order valence-corrected chi connectivity index (χ1v) is 12.4. The molecule has 172 valence electrons. The Morgan fingerprint density at radius 3 is 2.28 bits per heavy atom. The Hall–Kier alpha value is -2.13. The Balaban J connectivity index is 1.77. The van der Waals surface area contributed by atoms with E-state index >= 15 is 0 Å². The fourth-order valence-corrected chi connectivity index (χ4v) is 6.10. The lowest BCUT2D eigenvalue weighted by atomic mass is 10.0. The molecule has 32 heavy (non-hydrogen) atoms. The van der Waals surface area contributed by atoms with E-state index in [1.54, 1.807) is 0 Å². The largest absolute Gasteiger partial charge is 0.480 e. The highest BCUT2D eigenvalue weighted by molar-refractivity contribution is 7.89. The summed E-state index contributed by atoms with van der Waals surface area (Å²) in [5, 5.41) is 12.5. The number of nitrogens with one attached hydrogen (secondary N) is 1. The van der Waals surface area contributed by atoms with Crippen molar-refractivity contribution in [2.45, 2.75) is 49.6 Å². The Kier molecular flexibility index (Phi) is 7.82. The maximum Gasteiger partial charge on any atom is 0.326 e. The molecule has 2 N–H and O–H groups in total. The molecule has 1 saturated heterocycles. The second kappa shape index (κ2) is 10.2. The molecule has 2 aromatic carbocycles. The number of aliphatic carboxylic acids is 1. The summed E-state index contributed by atoms with van der Waals surface area (Å²) in [5.41, 5.74) is 1.89. The zero-order valence-corrected chi connectivity index (χ0v) is 19.8. The molecule has 1 heterocycles. The predicted molar refractivity (Wildman–Crippen MR) is 122 cm³/mol. The van der Waals surface area contributed by atoms with E-state index < -0.39 is 34.0 Å². The molecule has 2 atom stereocenters. The molecule has 1 aliphatic heterocycles. The smallest absolute Gasteiger partial charge is 0.326 e.